The molecule has 0 saturated carbocycles. The quantitative estimate of drug-likeness (QED) is 0.204. The Morgan fingerprint density at radius 2 is 1.59 bits per heavy atom. The monoisotopic (exact) mass is 647 g/mol. The number of rotatable bonds is 9. The van der Waals surface area contributed by atoms with E-state index < -0.39 is 23.9 Å². The minimum absolute atomic E-state index is 0.114. The maximum atomic E-state index is 13.5. The molecule has 1 heterocycles. The average molecular weight is 648 g/mol. The molecule has 0 bridgehead atoms. The molecule has 1 unspecified atom stereocenters. The normalized spacial score (nSPS) is 14.2. The number of halogens is 1. The van der Waals surface area contributed by atoms with Crippen molar-refractivity contribution < 1.29 is 24.3 Å². The molecule has 0 aromatic heterocycles. The Bertz CT molecular complexity index is 1550. The first-order valence-electron chi connectivity index (χ1n) is 15.4. The lowest BCUT2D eigenvalue weighted by Crippen LogP contribution is -2.37. The number of nitrogens with zero attached hydrogens (tertiary/aromatic N) is 2. The van der Waals surface area contributed by atoms with Crippen molar-refractivity contribution in [3.8, 4) is 0 Å². The van der Waals surface area contributed by atoms with Crippen LogP contribution in [0, 0.1) is 12.3 Å². The maximum absolute atomic E-state index is 13.5. The molecule has 4 N–H and O–H groups in total. The van der Waals surface area contributed by atoms with Crippen molar-refractivity contribution in [1.82, 2.24) is 10.2 Å². The first kappa shape index (κ1) is 34.3. The summed E-state index contributed by atoms with van der Waals surface area (Å²) < 4.78 is 0. The van der Waals surface area contributed by atoms with Crippen LogP contribution in [-0.2, 0) is 9.59 Å². The van der Waals surface area contributed by atoms with Gasteiger partial charge >= 0.3 is 12.0 Å². The van der Waals surface area contributed by atoms with Crippen LogP contribution in [0.4, 0.5) is 21.9 Å². The Hall–Kier alpha value is -4.57. The van der Waals surface area contributed by atoms with Gasteiger partial charge in [0, 0.05) is 48.9 Å². The largest absolute Gasteiger partial charge is 0.481 e. The van der Waals surface area contributed by atoms with Crippen LogP contribution in [0.15, 0.2) is 66.7 Å². The van der Waals surface area contributed by atoms with Gasteiger partial charge in [0.1, 0.15) is 0 Å². The van der Waals surface area contributed by atoms with Gasteiger partial charge in [-0.05, 0) is 66.8 Å². The molecular formula is C35H42ClN5O5. The van der Waals surface area contributed by atoms with Gasteiger partial charge in [-0.15, -0.1) is 0 Å². The molecule has 10 nitrogen and oxygen atoms in total. The summed E-state index contributed by atoms with van der Waals surface area (Å²) in [5.41, 5.74) is 3.47. The number of nitrogens with one attached hydrogen (secondary N) is 3. The Morgan fingerprint density at radius 1 is 0.891 bits per heavy atom. The van der Waals surface area contributed by atoms with E-state index in [1.165, 1.54) is 0 Å². The van der Waals surface area contributed by atoms with Crippen LogP contribution in [0.1, 0.15) is 67.6 Å². The Balaban J connectivity index is 1.59. The molecule has 0 aliphatic carbocycles. The van der Waals surface area contributed by atoms with Gasteiger partial charge in [0.25, 0.3) is 5.91 Å². The van der Waals surface area contributed by atoms with E-state index in [9.17, 15) is 24.3 Å². The molecule has 1 aliphatic heterocycles. The molecule has 1 saturated heterocycles. The summed E-state index contributed by atoms with van der Waals surface area (Å²) in [5, 5.41) is 18.6. The highest BCUT2D eigenvalue weighted by molar-refractivity contribution is 6.30. The standard InChI is InChI=1S/C35H42ClN5O5/c1-23-6-8-24(9-7-23)28(21-32(43)44)38-33(45)25-10-15-30(29(20-25)39-34(46)37-27-13-11-26(36)12-14-27)40-16-5-17-41(19-18-40)31(42)22-35(2,3)4/h6-15,20,28H,5,16-19,21-22H2,1-4H3,(H,38,45)(H,43,44)(H2,37,39,46). The highest BCUT2D eigenvalue weighted by Crippen LogP contribution is 2.30. The predicted molar refractivity (Wildman–Crippen MR) is 182 cm³/mol. The molecule has 1 atom stereocenters. The second kappa shape index (κ2) is 15.1. The van der Waals surface area contributed by atoms with E-state index in [1.54, 1.807) is 54.6 Å². The Morgan fingerprint density at radius 3 is 2.24 bits per heavy atom. The van der Waals surface area contributed by atoms with Crippen molar-refractivity contribution >= 4 is 52.5 Å². The molecular weight excluding hydrogens is 606 g/mol. The zero-order chi connectivity index (χ0) is 33.4. The van der Waals surface area contributed by atoms with Crippen LogP contribution in [-0.4, -0.2) is 60.0 Å². The van der Waals surface area contributed by atoms with E-state index >= 15 is 0 Å². The van der Waals surface area contributed by atoms with Gasteiger partial charge in [-0.3, -0.25) is 14.4 Å². The van der Waals surface area contributed by atoms with Crippen molar-refractivity contribution in [3.05, 3.63) is 88.4 Å². The third-order valence-electron chi connectivity index (χ3n) is 7.64. The second-order valence-electron chi connectivity index (χ2n) is 12.8. The number of carbonyl (C=O) groups is 4. The number of carbonyl (C=O) groups excluding carboxylic acids is 3. The van der Waals surface area contributed by atoms with Crippen molar-refractivity contribution in [3.63, 3.8) is 0 Å². The van der Waals surface area contributed by atoms with Crippen molar-refractivity contribution in [1.29, 1.82) is 0 Å². The summed E-state index contributed by atoms with van der Waals surface area (Å²) in [6, 6.07) is 17.8. The molecule has 3 aromatic rings. The molecule has 1 fully saturated rings. The molecule has 4 amide bonds. The molecule has 4 rings (SSSR count). The molecule has 244 valence electrons. The zero-order valence-corrected chi connectivity index (χ0v) is 27.5. The van der Waals surface area contributed by atoms with E-state index in [2.05, 4.69) is 20.9 Å². The van der Waals surface area contributed by atoms with Gasteiger partial charge in [0.05, 0.1) is 23.8 Å². The highest BCUT2D eigenvalue weighted by atomic mass is 35.5. The Kier molecular flexibility index (Phi) is 11.3. The van der Waals surface area contributed by atoms with Crippen LogP contribution in [0.5, 0.6) is 0 Å². The highest BCUT2D eigenvalue weighted by Gasteiger charge is 2.26. The summed E-state index contributed by atoms with van der Waals surface area (Å²) in [5.74, 6) is -1.40. The zero-order valence-electron chi connectivity index (χ0n) is 26.7. The fraction of sp³-hybridized carbons (Fsp3) is 0.371. The van der Waals surface area contributed by atoms with Gasteiger partial charge in [0.15, 0.2) is 0 Å². The van der Waals surface area contributed by atoms with E-state index in [1.807, 2.05) is 44.7 Å². The number of aliphatic carboxylic acids is 1. The van der Waals surface area contributed by atoms with Crippen LogP contribution in [0.2, 0.25) is 5.02 Å². The number of carboxylic acid groups (broad SMARTS) is 1. The number of anilines is 3. The number of hydrogen-bond acceptors (Lipinski definition) is 5. The third-order valence-corrected chi connectivity index (χ3v) is 7.90. The van der Waals surface area contributed by atoms with Gasteiger partial charge in [0.2, 0.25) is 5.91 Å². The van der Waals surface area contributed by atoms with Crippen LogP contribution < -0.4 is 20.9 Å². The van der Waals surface area contributed by atoms with Crippen LogP contribution in [0.3, 0.4) is 0 Å². The molecule has 46 heavy (non-hydrogen) atoms. The van der Waals surface area contributed by atoms with E-state index in [0.29, 0.717) is 60.2 Å². The number of aryl methyl sites for hydroxylation is 1. The lowest BCUT2D eigenvalue weighted by molar-refractivity contribution is -0.137. The van der Waals surface area contributed by atoms with E-state index in [-0.39, 0.29) is 23.3 Å². The molecule has 3 aromatic carbocycles. The fourth-order valence-electron chi connectivity index (χ4n) is 5.31. The number of amides is 4. The summed E-state index contributed by atoms with van der Waals surface area (Å²) in [4.78, 5) is 55.3. The lowest BCUT2D eigenvalue weighted by atomic mass is 9.91. The predicted octanol–water partition coefficient (Wildman–Crippen LogP) is 6.71. The van der Waals surface area contributed by atoms with Gasteiger partial charge in [-0.25, -0.2) is 4.79 Å². The maximum Gasteiger partial charge on any atom is 0.323 e. The Labute approximate surface area is 275 Å². The van der Waals surface area contributed by atoms with Crippen LogP contribution in [0.25, 0.3) is 0 Å². The number of hydrogen-bond donors (Lipinski definition) is 4. The van der Waals surface area contributed by atoms with Crippen LogP contribution >= 0.6 is 11.6 Å². The minimum atomic E-state index is -1.04. The summed E-state index contributed by atoms with van der Waals surface area (Å²) in [6.45, 7) is 10.4. The lowest BCUT2D eigenvalue weighted by Gasteiger charge is -2.27. The third kappa shape index (κ3) is 9.97. The van der Waals surface area contributed by atoms with E-state index in [0.717, 1.165) is 12.0 Å². The fourth-order valence-corrected chi connectivity index (χ4v) is 5.44. The average Bonchev–Trinajstić information content (AvgIpc) is 3.24. The number of carboxylic acids is 1. The summed E-state index contributed by atoms with van der Waals surface area (Å²) in [7, 11) is 0. The second-order valence-corrected chi connectivity index (χ2v) is 13.2. The number of urea groups is 1. The van der Waals surface area contributed by atoms with Crippen molar-refractivity contribution in [2.75, 3.05) is 41.7 Å². The minimum Gasteiger partial charge on any atom is -0.481 e. The first-order chi connectivity index (χ1) is 21.8. The molecule has 0 spiro atoms. The SMILES string of the molecule is Cc1ccc(C(CC(=O)O)NC(=O)c2ccc(N3CCCN(C(=O)CC(C)(C)C)CC3)c(NC(=O)Nc3ccc(Cl)cc3)c2)cc1. The van der Waals surface area contributed by atoms with Gasteiger partial charge < -0.3 is 30.9 Å². The van der Waals surface area contributed by atoms with Crippen molar-refractivity contribution in [2.45, 2.75) is 53.0 Å². The number of benzene rings is 3. The first-order valence-corrected chi connectivity index (χ1v) is 15.7. The molecule has 1 aliphatic rings. The topological polar surface area (TPSA) is 131 Å². The smallest absolute Gasteiger partial charge is 0.323 e. The van der Waals surface area contributed by atoms with Gasteiger partial charge in [-0.1, -0.05) is 62.2 Å². The van der Waals surface area contributed by atoms with Crippen molar-refractivity contribution in [2.24, 2.45) is 5.41 Å². The summed E-state index contributed by atoms with van der Waals surface area (Å²) in [6.07, 6.45) is 0.904. The molecule has 0 radical (unpaired) electrons. The van der Waals surface area contributed by atoms with Gasteiger partial charge in [-0.2, -0.15) is 0 Å². The van der Waals surface area contributed by atoms with E-state index in [4.69, 9.17) is 11.6 Å². The molecule has 11 heteroatoms. The summed E-state index contributed by atoms with van der Waals surface area (Å²) >= 11 is 5.99.